The number of hydrogen-bond acceptors (Lipinski definition) is 4. The average molecular weight is 406 g/mol. The summed E-state index contributed by atoms with van der Waals surface area (Å²) < 4.78 is 0. The van der Waals surface area contributed by atoms with Gasteiger partial charge in [-0.3, -0.25) is 19.2 Å². The fraction of sp³-hybridized carbons (Fsp3) is 0. The van der Waals surface area contributed by atoms with Crippen molar-refractivity contribution in [3.8, 4) is 0 Å². The lowest BCUT2D eigenvalue weighted by molar-refractivity contribution is -0.121. The molecule has 2 aliphatic rings. The van der Waals surface area contributed by atoms with Crippen LogP contribution in [0.5, 0.6) is 0 Å². The van der Waals surface area contributed by atoms with Gasteiger partial charge < -0.3 is 0 Å². The zero-order chi connectivity index (χ0) is 17.8. The molecule has 6 nitrogen and oxygen atoms in total. The van der Waals surface area contributed by atoms with Crippen LogP contribution in [-0.2, 0) is 19.2 Å². The summed E-state index contributed by atoms with van der Waals surface area (Å²) in [5.74, 6) is -2.73. The third-order valence-corrected chi connectivity index (χ3v) is 4.95. The van der Waals surface area contributed by atoms with E-state index in [-0.39, 0.29) is 31.5 Å². The van der Waals surface area contributed by atoms with E-state index in [1.165, 1.54) is 0 Å². The molecule has 0 aromatic heterocycles. The maximum atomic E-state index is 11.8. The average Bonchev–Trinajstić information content (AvgIpc) is 3.03. The number of carbonyl (C=O) groups excluding carboxylic acids is 4. The van der Waals surface area contributed by atoms with Gasteiger partial charge in [-0.2, -0.15) is 0 Å². The van der Waals surface area contributed by atoms with Gasteiger partial charge in [-0.05, 0) is 0 Å². The summed E-state index contributed by atoms with van der Waals surface area (Å²) in [5.41, 5.74) is -0.437. The van der Waals surface area contributed by atoms with Crippen molar-refractivity contribution < 1.29 is 19.2 Å². The van der Waals surface area contributed by atoms with Gasteiger partial charge >= 0.3 is 0 Å². The number of benzene rings is 1. The number of carbonyl (C=O) groups is 4. The lowest BCUT2D eigenvalue weighted by atomic mass is 10.2. The van der Waals surface area contributed by atoms with Crippen LogP contribution >= 0.6 is 46.4 Å². The normalized spacial score (nSPS) is 17.0. The Morgan fingerprint density at radius 1 is 0.500 bits per heavy atom. The quantitative estimate of drug-likeness (QED) is 0.559. The monoisotopic (exact) mass is 404 g/mol. The summed E-state index contributed by atoms with van der Waals surface area (Å²) >= 11 is 24.6. The summed E-state index contributed by atoms with van der Waals surface area (Å²) in [6.07, 6.45) is 4.12. The molecule has 4 amide bonds. The SMILES string of the molecule is O=C1C=CC(=O)N1c1c(Cl)c(Cl)c(N2C(=O)C=CC2=O)c(Cl)c1Cl. The first kappa shape index (κ1) is 17.0. The van der Waals surface area contributed by atoms with Gasteiger partial charge in [0.15, 0.2) is 0 Å². The summed E-state index contributed by atoms with van der Waals surface area (Å²) in [5, 5.41) is -1.17. The molecule has 3 rings (SSSR count). The Morgan fingerprint density at radius 2 is 0.708 bits per heavy atom. The van der Waals surface area contributed by atoms with Crippen LogP contribution in [-0.4, -0.2) is 23.6 Å². The Bertz CT molecular complexity index is 769. The molecule has 1 aromatic carbocycles. The molecular formula is C14H4Cl4N2O4. The van der Waals surface area contributed by atoms with Gasteiger partial charge in [-0.1, -0.05) is 46.4 Å². The van der Waals surface area contributed by atoms with Crippen molar-refractivity contribution in [2.75, 3.05) is 9.80 Å². The topological polar surface area (TPSA) is 74.8 Å². The third-order valence-electron chi connectivity index (χ3n) is 3.28. The molecule has 0 fully saturated rings. The number of rotatable bonds is 2. The van der Waals surface area contributed by atoms with E-state index in [2.05, 4.69) is 0 Å². The van der Waals surface area contributed by atoms with Crippen molar-refractivity contribution in [2.45, 2.75) is 0 Å². The highest BCUT2D eigenvalue weighted by molar-refractivity contribution is 6.55. The van der Waals surface area contributed by atoms with Gasteiger partial charge in [0, 0.05) is 24.3 Å². The van der Waals surface area contributed by atoms with Crippen LogP contribution in [0.1, 0.15) is 0 Å². The minimum atomic E-state index is -0.682. The molecule has 2 heterocycles. The van der Waals surface area contributed by atoms with Gasteiger partial charge in [-0.25, -0.2) is 9.80 Å². The first-order valence-electron chi connectivity index (χ1n) is 6.24. The van der Waals surface area contributed by atoms with E-state index in [4.69, 9.17) is 46.4 Å². The molecule has 0 saturated carbocycles. The largest absolute Gasteiger partial charge is 0.269 e. The minimum absolute atomic E-state index is 0.218. The van der Waals surface area contributed by atoms with E-state index in [9.17, 15) is 19.2 Å². The number of hydrogen-bond donors (Lipinski definition) is 0. The summed E-state index contributed by atoms with van der Waals surface area (Å²) in [7, 11) is 0. The van der Waals surface area contributed by atoms with Gasteiger partial charge in [0.25, 0.3) is 23.6 Å². The maximum Gasteiger partial charge on any atom is 0.258 e. The van der Waals surface area contributed by atoms with Gasteiger partial charge in [-0.15, -0.1) is 0 Å². The Morgan fingerprint density at radius 3 is 0.917 bits per heavy atom. The first-order valence-corrected chi connectivity index (χ1v) is 7.75. The van der Waals surface area contributed by atoms with Crippen molar-refractivity contribution in [1.82, 2.24) is 0 Å². The Hall–Kier alpha value is -1.86. The fourth-order valence-electron chi connectivity index (χ4n) is 2.24. The van der Waals surface area contributed by atoms with Crippen molar-refractivity contribution in [1.29, 1.82) is 0 Å². The van der Waals surface area contributed by atoms with Crippen LogP contribution in [0, 0.1) is 0 Å². The molecule has 122 valence electrons. The van der Waals surface area contributed by atoms with E-state index < -0.39 is 23.6 Å². The smallest absolute Gasteiger partial charge is 0.258 e. The number of anilines is 2. The molecule has 0 atom stereocenters. The van der Waals surface area contributed by atoms with Crippen LogP contribution in [0.2, 0.25) is 20.1 Å². The van der Waals surface area contributed by atoms with Crippen LogP contribution in [0.15, 0.2) is 24.3 Å². The Labute approximate surface area is 154 Å². The number of amides is 4. The zero-order valence-electron chi connectivity index (χ0n) is 11.3. The molecule has 0 N–H and O–H groups in total. The predicted octanol–water partition coefficient (Wildman–Crippen LogP) is 3.16. The second-order valence-corrected chi connectivity index (χ2v) is 6.16. The van der Waals surface area contributed by atoms with Crippen LogP contribution < -0.4 is 9.80 Å². The van der Waals surface area contributed by atoms with Gasteiger partial charge in [0.05, 0.1) is 31.5 Å². The zero-order valence-corrected chi connectivity index (χ0v) is 14.4. The molecule has 1 aromatic rings. The number of halogens is 4. The molecule has 0 spiro atoms. The second kappa shape index (κ2) is 5.89. The number of nitrogens with zero attached hydrogens (tertiary/aromatic N) is 2. The maximum absolute atomic E-state index is 11.8. The van der Waals surface area contributed by atoms with Crippen molar-refractivity contribution >= 4 is 81.4 Å². The molecule has 0 aliphatic carbocycles. The Balaban J connectivity index is 2.24. The van der Waals surface area contributed by atoms with Crippen LogP contribution in [0.25, 0.3) is 0 Å². The molecule has 0 radical (unpaired) electrons. The van der Waals surface area contributed by atoms with E-state index in [0.29, 0.717) is 9.80 Å². The highest BCUT2D eigenvalue weighted by atomic mass is 35.5. The standard InChI is InChI=1S/C14H4Cl4N2O4/c15-9-11(17)14(20-7(23)3-4-8(20)24)12(18)10(16)13(9)19-5(21)1-2-6(19)22/h1-4H. The Kier molecular flexibility index (Phi) is 4.17. The third kappa shape index (κ3) is 2.34. The molecule has 0 saturated heterocycles. The second-order valence-electron chi connectivity index (χ2n) is 4.64. The lowest BCUT2D eigenvalue weighted by Gasteiger charge is -2.24. The highest BCUT2D eigenvalue weighted by Crippen LogP contribution is 2.51. The van der Waals surface area contributed by atoms with Crippen LogP contribution in [0.4, 0.5) is 11.4 Å². The fourth-order valence-corrected chi connectivity index (χ4v) is 3.41. The van der Waals surface area contributed by atoms with Gasteiger partial charge in [0.1, 0.15) is 0 Å². The van der Waals surface area contributed by atoms with Crippen LogP contribution in [0.3, 0.4) is 0 Å². The van der Waals surface area contributed by atoms with E-state index in [1.807, 2.05) is 0 Å². The highest BCUT2D eigenvalue weighted by Gasteiger charge is 2.36. The first-order chi connectivity index (χ1) is 11.3. The van der Waals surface area contributed by atoms with E-state index in [0.717, 1.165) is 24.3 Å². The molecular weight excluding hydrogens is 402 g/mol. The van der Waals surface area contributed by atoms with E-state index >= 15 is 0 Å². The van der Waals surface area contributed by atoms with Gasteiger partial charge in [0.2, 0.25) is 0 Å². The summed E-state index contributed by atoms with van der Waals surface area (Å²) in [4.78, 5) is 48.8. The lowest BCUT2D eigenvalue weighted by Crippen LogP contribution is -2.32. The summed E-state index contributed by atoms with van der Waals surface area (Å²) in [6.45, 7) is 0. The van der Waals surface area contributed by atoms with Crippen molar-refractivity contribution in [3.05, 3.63) is 44.4 Å². The van der Waals surface area contributed by atoms with Crippen molar-refractivity contribution in [3.63, 3.8) is 0 Å². The summed E-state index contributed by atoms with van der Waals surface area (Å²) in [6, 6.07) is 0. The molecule has 10 heteroatoms. The molecule has 24 heavy (non-hydrogen) atoms. The number of imide groups is 2. The molecule has 0 unspecified atom stereocenters. The minimum Gasteiger partial charge on any atom is -0.269 e. The molecule has 0 bridgehead atoms. The molecule has 2 aliphatic heterocycles. The van der Waals surface area contributed by atoms with E-state index in [1.54, 1.807) is 0 Å². The van der Waals surface area contributed by atoms with Crippen molar-refractivity contribution in [2.24, 2.45) is 0 Å². The predicted molar refractivity (Wildman–Crippen MR) is 89.7 cm³/mol.